The third kappa shape index (κ3) is 3.31. The second-order valence-electron chi connectivity index (χ2n) is 7.32. The molecule has 0 bridgehead atoms. The van der Waals surface area contributed by atoms with E-state index in [4.69, 9.17) is 10.2 Å². The van der Waals surface area contributed by atoms with E-state index in [0.717, 1.165) is 46.0 Å². The zero-order valence-corrected chi connectivity index (χ0v) is 16.1. The van der Waals surface area contributed by atoms with Crippen molar-refractivity contribution in [3.8, 4) is 11.3 Å². The number of rotatable bonds is 4. The predicted molar refractivity (Wildman–Crippen MR) is 116 cm³/mol. The van der Waals surface area contributed by atoms with Gasteiger partial charge in [-0.1, -0.05) is 36.4 Å². The molecule has 5 nitrogen and oxygen atoms in total. The van der Waals surface area contributed by atoms with Gasteiger partial charge in [0.05, 0.1) is 11.7 Å². The van der Waals surface area contributed by atoms with Crippen LogP contribution in [-0.4, -0.2) is 15.0 Å². The van der Waals surface area contributed by atoms with Crippen molar-refractivity contribution in [2.24, 2.45) is 0 Å². The van der Waals surface area contributed by atoms with Crippen LogP contribution in [0.25, 0.3) is 33.1 Å². The van der Waals surface area contributed by atoms with Gasteiger partial charge in [-0.2, -0.15) is 0 Å². The molecule has 0 aliphatic carbocycles. The van der Waals surface area contributed by atoms with Crippen LogP contribution in [0.2, 0.25) is 0 Å². The lowest BCUT2D eigenvalue weighted by Crippen LogP contribution is -1.98. The zero-order chi connectivity index (χ0) is 19.8. The summed E-state index contributed by atoms with van der Waals surface area (Å²) >= 11 is 0. The lowest BCUT2D eigenvalue weighted by molar-refractivity contribution is 0.572. The summed E-state index contributed by atoms with van der Waals surface area (Å²) in [7, 11) is 0. The van der Waals surface area contributed by atoms with Crippen molar-refractivity contribution >= 4 is 27.6 Å². The maximum atomic E-state index is 6.16. The summed E-state index contributed by atoms with van der Waals surface area (Å²) in [6, 6.07) is 16.9. The summed E-state index contributed by atoms with van der Waals surface area (Å²) in [6.07, 6.45) is 6.91. The molecule has 0 saturated carbocycles. The topological polar surface area (TPSA) is 77.8 Å². The van der Waals surface area contributed by atoms with Gasteiger partial charge in [-0.05, 0) is 48.6 Å². The number of aromatic nitrogens is 3. The number of fused-ring (bicyclic) bond motifs is 3. The van der Waals surface area contributed by atoms with Gasteiger partial charge < -0.3 is 10.2 Å². The maximum Gasteiger partial charge on any atom is 0.181 e. The maximum absolute atomic E-state index is 6.16. The number of anilines is 1. The van der Waals surface area contributed by atoms with Crippen LogP contribution in [0.15, 0.2) is 71.7 Å². The molecule has 3 aromatic heterocycles. The van der Waals surface area contributed by atoms with E-state index in [2.05, 4.69) is 70.4 Å². The van der Waals surface area contributed by atoms with Crippen LogP contribution in [0.1, 0.15) is 16.7 Å². The number of benzene rings is 2. The van der Waals surface area contributed by atoms with E-state index in [0.29, 0.717) is 5.82 Å². The van der Waals surface area contributed by atoms with Crippen molar-refractivity contribution in [3.05, 3.63) is 84.0 Å². The molecule has 5 aromatic rings. The number of nitrogens with two attached hydrogens (primary N) is 1. The fourth-order valence-electron chi connectivity index (χ4n) is 3.68. The molecular weight excluding hydrogens is 360 g/mol. The van der Waals surface area contributed by atoms with Gasteiger partial charge in [-0.15, -0.1) is 0 Å². The number of nitrogen functional groups attached to an aromatic ring is 1. The molecule has 5 heteroatoms. The monoisotopic (exact) mass is 380 g/mol. The van der Waals surface area contributed by atoms with E-state index in [1.54, 1.807) is 6.20 Å². The summed E-state index contributed by atoms with van der Waals surface area (Å²) in [4.78, 5) is 13.1. The van der Waals surface area contributed by atoms with Crippen molar-refractivity contribution in [2.75, 3.05) is 5.73 Å². The van der Waals surface area contributed by atoms with Gasteiger partial charge in [0.1, 0.15) is 5.52 Å². The van der Waals surface area contributed by atoms with E-state index in [1.807, 2.05) is 6.20 Å². The van der Waals surface area contributed by atoms with Gasteiger partial charge in [0.25, 0.3) is 0 Å². The van der Waals surface area contributed by atoms with Crippen LogP contribution in [0.4, 0.5) is 5.82 Å². The first-order valence-electron chi connectivity index (χ1n) is 9.60. The third-order valence-electron chi connectivity index (χ3n) is 5.24. The number of pyridine rings is 2. The molecule has 0 amide bonds. The summed E-state index contributed by atoms with van der Waals surface area (Å²) in [6.45, 7) is 2.06. The third-order valence-corrected chi connectivity index (χ3v) is 5.24. The number of aryl methyl sites for hydroxylation is 3. The Balaban J connectivity index is 1.42. The Hall–Kier alpha value is -3.73. The fourth-order valence-corrected chi connectivity index (χ4v) is 3.68. The van der Waals surface area contributed by atoms with Crippen molar-refractivity contribution in [1.82, 2.24) is 15.0 Å². The van der Waals surface area contributed by atoms with Crippen molar-refractivity contribution < 1.29 is 4.42 Å². The van der Waals surface area contributed by atoms with Crippen LogP contribution < -0.4 is 5.73 Å². The second kappa shape index (κ2) is 7.02. The molecule has 0 radical (unpaired) electrons. The first-order valence-corrected chi connectivity index (χ1v) is 9.60. The van der Waals surface area contributed by atoms with Crippen LogP contribution >= 0.6 is 0 Å². The van der Waals surface area contributed by atoms with Gasteiger partial charge in [0.15, 0.2) is 18.0 Å². The fraction of sp³-hybridized carbons (Fsp3) is 0.125. The Morgan fingerprint density at radius 1 is 0.897 bits per heavy atom. The lowest BCUT2D eigenvalue weighted by Gasteiger charge is -2.09. The summed E-state index contributed by atoms with van der Waals surface area (Å²) in [5.74, 6) is 1.26. The minimum Gasteiger partial charge on any atom is -0.444 e. The van der Waals surface area contributed by atoms with E-state index < -0.39 is 0 Å². The summed E-state index contributed by atoms with van der Waals surface area (Å²) in [5.41, 5.74) is 12.5. The molecule has 3 heterocycles. The minimum absolute atomic E-state index is 0.479. The molecule has 0 aliphatic heterocycles. The Bertz CT molecular complexity index is 1310. The van der Waals surface area contributed by atoms with E-state index in [9.17, 15) is 0 Å². The highest BCUT2D eigenvalue weighted by Gasteiger charge is 2.09. The zero-order valence-electron chi connectivity index (χ0n) is 16.1. The van der Waals surface area contributed by atoms with E-state index in [-0.39, 0.29) is 0 Å². The largest absolute Gasteiger partial charge is 0.444 e. The molecule has 2 N–H and O–H groups in total. The molecular formula is C24H20N4O. The summed E-state index contributed by atoms with van der Waals surface area (Å²) < 4.78 is 5.35. The average Bonchev–Trinajstić information content (AvgIpc) is 3.27. The number of hydrogen-bond donors (Lipinski definition) is 1. The Morgan fingerprint density at radius 3 is 2.52 bits per heavy atom. The first-order chi connectivity index (χ1) is 14.2. The highest BCUT2D eigenvalue weighted by molar-refractivity contribution is 6.08. The number of hydrogen-bond acceptors (Lipinski definition) is 5. The van der Waals surface area contributed by atoms with Crippen LogP contribution in [0, 0.1) is 6.92 Å². The predicted octanol–water partition coefficient (Wildman–Crippen LogP) is 5.11. The van der Waals surface area contributed by atoms with Crippen molar-refractivity contribution in [2.45, 2.75) is 19.8 Å². The molecule has 0 spiro atoms. The first kappa shape index (κ1) is 17.4. The molecule has 5 rings (SSSR count). The molecule has 29 heavy (non-hydrogen) atoms. The van der Waals surface area contributed by atoms with Crippen LogP contribution in [0.3, 0.4) is 0 Å². The van der Waals surface area contributed by atoms with Gasteiger partial charge >= 0.3 is 0 Å². The van der Waals surface area contributed by atoms with Gasteiger partial charge in [-0.3, -0.25) is 4.98 Å². The minimum atomic E-state index is 0.479. The van der Waals surface area contributed by atoms with Crippen LogP contribution in [0.5, 0.6) is 0 Å². The van der Waals surface area contributed by atoms with Crippen LogP contribution in [-0.2, 0) is 12.8 Å². The quantitative estimate of drug-likeness (QED) is 0.438. The van der Waals surface area contributed by atoms with Gasteiger partial charge in [0, 0.05) is 22.5 Å². The number of oxazole rings is 1. The van der Waals surface area contributed by atoms with Gasteiger partial charge in [-0.25, -0.2) is 9.97 Å². The molecule has 142 valence electrons. The van der Waals surface area contributed by atoms with E-state index >= 15 is 0 Å². The molecule has 0 fully saturated rings. The van der Waals surface area contributed by atoms with Gasteiger partial charge in [0.2, 0.25) is 0 Å². The Labute approximate surface area is 168 Å². The number of nitrogens with zero attached hydrogens (tertiary/aromatic N) is 3. The molecule has 0 unspecified atom stereocenters. The highest BCUT2D eigenvalue weighted by Crippen LogP contribution is 2.28. The molecule has 0 saturated heterocycles. The smallest absolute Gasteiger partial charge is 0.181 e. The lowest BCUT2D eigenvalue weighted by atomic mass is 10.0. The van der Waals surface area contributed by atoms with Crippen molar-refractivity contribution in [3.63, 3.8) is 0 Å². The Morgan fingerprint density at radius 2 is 1.72 bits per heavy atom. The molecule has 0 atom stereocenters. The average molecular weight is 380 g/mol. The molecule has 2 aromatic carbocycles. The molecule has 0 aliphatic rings. The second-order valence-corrected chi connectivity index (χ2v) is 7.32. The standard InChI is InChI=1S/C24H20N4O/c1-15-2-9-19-20-11-17(12-27-23(20)24(25)28-21(19)10-15)4-3-16-5-7-18(8-6-16)22-13-26-14-29-22/h2,5-14H,3-4H2,1H3,(H2,25,28). The Kier molecular flexibility index (Phi) is 4.21. The summed E-state index contributed by atoms with van der Waals surface area (Å²) in [5, 5.41) is 2.15. The highest BCUT2D eigenvalue weighted by atomic mass is 16.3. The van der Waals surface area contributed by atoms with E-state index in [1.165, 1.54) is 23.1 Å². The van der Waals surface area contributed by atoms with Crippen molar-refractivity contribution in [1.29, 1.82) is 0 Å². The SMILES string of the molecule is Cc1ccc2c(c1)nc(N)c1ncc(CCc3ccc(-c4cnco4)cc3)cc12. The normalized spacial score (nSPS) is 11.3.